The number of likely N-dealkylation sites (N-methyl/N-ethyl adjacent to an activating group) is 1. The molecule has 3 heterocycles. The third-order valence-corrected chi connectivity index (χ3v) is 6.81. The number of rotatable bonds is 4. The highest BCUT2D eigenvalue weighted by atomic mass is 19.1. The lowest BCUT2D eigenvalue weighted by atomic mass is 9.84. The second-order valence-corrected chi connectivity index (χ2v) is 11.3. The first-order valence-corrected chi connectivity index (χ1v) is 13.5. The number of aliphatic hydroxyl groups is 1. The van der Waals surface area contributed by atoms with Gasteiger partial charge in [0.2, 0.25) is 0 Å². The molecule has 0 unspecified atom stereocenters. The molecule has 0 atom stereocenters. The SMILES string of the molecule is CC(C)(C)O.Cc1cc2c(c(-c3cc(F)c4c(c3C)CCCO4)c1CC(=O)O)CCN2C.O=Cc1ccncc1F. The first kappa shape index (κ1) is 31.7. The van der Waals surface area contributed by atoms with Gasteiger partial charge in [-0.2, -0.15) is 0 Å². The fraction of sp³-hybridized carbons (Fsp3) is 0.406. The van der Waals surface area contributed by atoms with Crippen LogP contribution in [-0.2, 0) is 24.1 Å². The van der Waals surface area contributed by atoms with Gasteiger partial charge in [0, 0.05) is 31.0 Å². The second-order valence-electron chi connectivity index (χ2n) is 11.3. The Hall–Kier alpha value is -3.85. The molecule has 0 radical (unpaired) electrons. The van der Waals surface area contributed by atoms with Gasteiger partial charge in [-0.1, -0.05) is 0 Å². The number of anilines is 1. The van der Waals surface area contributed by atoms with Crippen LogP contribution in [0.2, 0.25) is 0 Å². The number of nitrogens with zero attached hydrogens (tertiary/aromatic N) is 2. The monoisotopic (exact) mass is 568 g/mol. The molecule has 7 nitrogen and oxygen atoms in total. The number of carboxylic acids is 1. The molecular formula is C32H38F2N2O5. The van der Waals surface area contributed by atoms with Crippen molar-refractivity contribution in [3.05, 3.63) is 75.6 Å². The maximum absolute atomic E-state index is 14.9. The number of carboxylic acid groups (broad SMARTS) is 1. The van der Waals surface area contributed by atoms with Crippen LogP contribution in [0.25, 0.3) is 11.1 Å². The molecule has 2 aliphatic heterocycles. The first-order valence-electron chi connectivity index (χ1n) is 13.5. The smallest absolute Gasteiger partial charge is 0.307 e. The molecule has 220 valence electrons. The number of pyridine rings is 1. The number of aryl methyl sites for hydroxylation is 1. The van der Waals surface area contributed by atoms with Crippen molar-refractivity contribution in [2.75, 3.05) is 25.1 Å². The number of fused-ring (bicyclic) bond motifs is 2. The van der Waals surface area contributed by atoms with Crippen LogP contribution in [0.4, 0.5) is 14.5 Å². The predicted molar refractivity (Wildman–Crippen MR) is 155 cm³/mol. The first-order chi connectivity index (χ1) is 19.2. The van der Waals surface area contributed by atoms with Crippen LogP contribution in [0.5, 0.6) is 5.75 Å². The average Bonchev–Trinajstić information content (AvgIpc) is 3.26. The Morgan fingerprint density at radius 2 is 1.83 bits per heavy atom. The van der Waals surface area contributed by atoms with Crippen molar-refractivity contribution in [2.24, 2.45) is 0 Å². The van der Waals surface area contributed by atoms with E-state index >= 15 is 0 Å². The van der Waals surface area contributed by atoms with E-state index in [4.69, 9.17) is 9.84 Å². The molecule has 41 heavy (non-hydrogen) atoms. The van der Waals surface area contributed by atoms with E-state index in [9.17, 15) is 23.5 Å². The van der Waals surface area contributed by atoms with Crippen molar-refractivity contribution in [3.63, 3.8) is 0 Å². The third kappa shape index (κ3) is 7.88. The van der Waals surface area contributed by atoms with Gasteiger partial charge >= 0.3 is 5.97 Å². The fourth-order valence-corrected chi connectivity index (χ4v) is 4.98. The molecule has 1 aromatic heterocycles. The molecule has 0 amide bonds. The lowest BCUT2D eigenvalue weighted by molar-refractivity contribution is -0.136. The van der Waals surface area contributed by atoms with E-state index in [1.54, 1.807) is 20.8 Å². The van der Waals surface area contributed by atoms with Crippen molar-refractivity contribution in [1.82, 2.24) is 4.98 Å². The van der Waals surface area contributed by atoms with Crippen LogP contribution in [0, 0.1) is 25.5 Å². The van der Waals surface area contributed by atoms with Crippen molar-refractivity contribution >= 4 is 17.9 Å². The Morgan fingerprint density at radius 1 is 1.15 bits per heavy atom. The van der Waals surface area contributed by atoms with Gasteiger partial charge in [-0.05, 0) is 105 Å². The van der Waals surface area contributed by atoms with E-state index in [-0.39, 0.29) is 17.8 Å². The molecule has 3 aromatic rings. The molecule has 2 aromatic carbocycles. The van der Waals surface area contributed by atoms with Crippen LogP contribution >= 0.6 is 0 Å². The van der Waals surface area contributed by atoms with E-state index < -0.39 is 17.4 Å². The number of aromatic nitrogens is 1. The lowest BCUT2D eigenvalue weighted by Gasteiger charge is -2.25. The van der Waals surface area contributed by atoms with Gasteiger partial charge in [0.05, 0.1) is 30.4 Å². The van der Waals surface area contributed by atoms with Crippen LogP contribution in [-0.4, -0.2) is 53.3 Å². The van der Waals surface area contributed by atoms with Crippen LogP contribution in [0.15, 0.2) is 30.6 Å². The zero-order valence-corrected chi connectivity index (χ0v) is 24.5. The van der Waals surface area contributed by atoms with E-state index in [1.807, 2.05) is 20.9 Å². The molecule has 0 saturated heterocycles. The minimum atomic E-state index is -0.870. The van der Waals surface area contributed by atoms with Gasteiger partial charge in [-0.15, -0.1) is 0 Å². The average molecular weight is 569 g/mol. The summed E-state index contributed by atoms with van der Waals surface area (Å²) in [5.41, 5.74) is 7.14. The summed E-state index contributed by atoms with van der Waals surface area (Å²) in [4.78, 5) is 27.2. The molecule has 0 aliphatic carbocycles. The molecule has 0 fully saturated rings. The minimum absolute atomic E-state index is 0.0463. The topological polar surface area (TPSA) is 100.0 Å². The number of carbonyl (C=O) groups excluding carboxylic acids is 1. The quantitative estimate of drug-likeness (QED) is 0.380. The maximum atomic E-state index is 14.9. The number of hydrogen-bond acceptors (Lipinski definition) is 6. The number of carbonyl (C=O) groups is 2. The lowest BCUT2D eigenvalue weighted by Crippen LogP contribution is -2.14. The van der Waals surface area contributed by atoms with Gasteiger partial charge in [0.15, 0.2) is 23.7 Å². The number of aldehydes is 1. The Morgan fingerprint density at radius 3 is 2.41 bits per heavy atom. The van der Waals surface area contributed by atoms with E-state index in [0.29, 0.717) is 18.6 Å². The molecule has 0 saturated carbocycles. The normalized spacial score (nSPS) is 13.5. The van der Waals surface area contributed by atoms with Gasteiger partial charge in [0.25, 0.3) is 0 Å². The maximum Gasteiger partial charge on any atom is 0.307 e. The van der Waals surface area contributed by atoms with Crippen molar-refractivity contribution in [2.45, 2.75) is 65.9 Å². The molecule has 5 rings (SSSR count). The summed E-state index contributed by atoms with van der Waals surface area (Å²) >= 11 is 0. The summed E-state index contributed by atoms with van der Waals surface area (Å²) in [6, 6.07) is 4.93. The number of hydrogen-bond donors (Lipinski definition) is 2. The second kappa shape index (κ2) is 13.2. The predicted octanol–water partition coefficient (Wildman–Crippen LogP) is 5.86. The summed E-state index contributed by atoms with van der Waals surface area (Å²) < 4.78 is 32.7. The van der Waals surface area contributed by atoms with Crippen molar-refractivity contribution in [1.29, 1.82) is 0 Å². The molecule has 2 aliphatic rings. The van der Waals surface area contributed by atoms with Crippen LogP contribution < -0.4 is 9.64 Å². The third-order valence-electron chi connectivity index (χ3n) is 6.81. The molecule has 2 N–H and O–H groups in total. The van der Waals surface area contributed by atoms with Gasteiger partial charge < -0.3 is 19.8 Å². The van der Waals surface area contributed by atoms with Crippen LogP contribution in [0.1, 0.15) is 65.4 Å². The van der Waals surface area contributed by atoms with Gasteiger partial charge in [0.1, 0.15) is 0 Å². The summed E-state index contributed by atoms with van der Waals surface area (Å²) in [5.74, 6) is -1.44. The van der Waals surface area contributed by atoms with E-state index in [2.05, 4.69) is 16.0 Å². The standard InChI is InChI=1S/C22H24FNO3.C6H4FNO.C4H10O/c1-12-9-19-15(6-7-24(19)3)21(16(12)11-20(25)26)17-10-18(23)22-14(13(17)2)5-4-8-27-22;7-6-3-8-2-1-5(6)4-9;1-4(2,3)5/h9-10H,4-8,11H2,1-3H3,(H,25,26);1-4H;5H,1-3H3. The van der Waals surface area contributed by atoms with Crippen molar-refractivity contribution < 1.29 is 33.3 Å². The van der Waals surface area contributed by atoms with Crippen LogP contribution in [0.3, 0.4) is 0 Å². The van der Waals surface area contributed by atoms with E-state index in [1.165, 1.54) is 18.3 Å². The Balaban J connectivity index is 0.000000273. The van der Waals surface area contributed by atoms with E-state index in [0.717, 1.165) is 76.6 Å². The fourth-order valence-electron chi connectivity index (χ4n) is 4.98. The van der Waals surface area contributed by atoms with Gasteiger partial charge in [-0.3, -0.25) is 14.6 Å². The molecule has 9 heteroatoms. The number of ether oxygens (including phenoxy) is 1. The number of benzene rings is 2. The summed E-state index contributed by atoms with van der Waals surface area (Å²) in [5, 5.41) is 18.0. The Bertz CT molecular complexity index is 1430. The largest absolute Gasteiger partial charge is 0.490 e. The Labute approximate surface area is 239 Å². The zero-order valence-electron chi connectivity index (χ0n) is 24.5. The molecular weight excluding hydrogens is 530 g/mol. The number of aliphatic carboxylic acids is 1. The highest BCUT2D eigenvalue weighted by molar-refractivity contribution is 5.86. The van der Waals surface area contributed by atoms with Gasteiger partial charge in [-0.25, -0.2) is 8.78 Å². The summed E-state index contributed by atoms with van der Waals surface area (Å²) in [6.45, 7) is 10.6. The number of halogens is 2. The van der Waals surface area contributed by atoms with Crippen molar-refractivity contribution in [3.8, 4) is 16.9 Å². The minimum Gasteiger partial charge on any atom is -0.490 e. The highest BCUT2D eigenvalue weighted by Crippen LogP contribution is 2.44. The molecule has 0 spiro atoms. The Kier molecular flexibility index (Phi) is 10.2. The summed E-state index contributed by atoms with van der Waals surface area (Å²) in [7, 11) is 2.04. The summed E-state index contributed by atoms with van der Waals surface area (Å²) in [6.07, 6.45) is 5.25. The zero-order chi connectivity index (χ0) is 30.5. The highest BCUT2D eigenvalue weighted by Gasteiger charge is 2.28. The molecule has 0 bridgehead atoms.